The maximum absolute atomic E-state index is 13.3. The number of hydrogen-bond acceptors (Lipinski definition) is 2. The number of Topliss-reactive ketones (excluding diaryl/α,β-unsaturated/α-hetero) is 1. The fraction of sp³-hybridized carbons (Fsp3) is 0.133. The number of carbonyl (C=O) groups is 1. The van der Waals surface area contributed by atoms with E-state index in [2.05, 4.69) is 0 Å². The van der Waals surface area contributed by atoms with Crippen molar-refractivity contribution in [1.82, 2.24) is 0 Å². The van der Waals surface area contributed by atoms with E-state index in [1.807, 2.05) is 0 Å². The molecule has 0 spiro atoms. The number of ketones is 1. The molecular formula is C15H13FO2. The number of methoxy groups -OCH3 is 1. The molecule has 2 nitrogen and oxygen atoms in total. The zero-order valence-corrected chi connectivity index (χ0v) is 10.2. The highest BCUT2D eigenvalue weighted by Crippen LogP contribution is 2.27. The van der Waals surface area contributed by atoms with Crippen molar-refractivity contribution < 1.29 is 13.9 Å². The van der Waals surface area contributed by atoms with Crippen LogP contribution in [0.1, 0.15) is 17.3 Å². The first kappa shape index (κ1) is 12.3. The molecule has 0 heterocycles. The van der Waals surface area contributed by atoms with Crippen LogP contribution in [0.15, 0.2) is 42.5 Å². The van der Waals surface area contributed by atoms with Gasteiger partial charge in [-0.2, -0.15) is 0 Å². The molecule has 0 aliphatic heterocycles. The second kappa shape index (κ2) is 5.00. The minimum atomic E-state index is -0.356. The fourth-order valence-corrected chi connectivity index (χ4v) is 1.83. The van der Waals surface area contributed by atoms with Gasteiger partial charge in [-0.25, -0.2) is 4.39 Å². The molecule has 0 saturated heterocycles. The van der Waals surface area contributed by atoms with Crippen LogP contribution < -0.4 is 4.74 Å². The second-order valence-corrected chi connectivity index (χ2v) is 3.97. The highest BCUT2D eigenvalue weighted by atomic mass is 19.1. The van der Waals surface area contributed by atoms with E-state index in [1.54, 1.807) is 31.4 Å². The van der Waals surface area contributed by atoms with Crippen LogP contribution in [0.3, 0.4) is 0 Å². The van der Waals surface area contributed by atoms with Gasteiger partial charge in [-0.05, 0) is 48.4 Å². The van der Waals surface area contributed by atoms with Gasteiger partial charge in [0.15, 0.2) is 5.78 Å². The predicted octanol–water partition coefficient (Wildman–Crippen LogP) is 3.70. The molecule has 2 aromatic rings. The lowest BCUT2D eigenvalue weighted by Gasteiger charge is -2.08. The first-order chi connectivity index (χ1) is 8.61. The first-order valence-electron chi connectivity index (χ1n) is 5.56. The van der Waals surface area contributed by atoms with E-state index in [0.29, 0.717) is 11.1 Å². The van der Waals surface area contributed by atoms with Gasteiger partial charge in [0.25, 0.3) is 0 Å². The maximum Gasteiger partial charge on any atom is 0.160 e. The van der Waals surface area contributed by atoms with Gasteiger partial charge in [0, 0.05) is 5.56 Å². The van der Waals surface area contributed by atoms with Gasteiger partial charge in [-0.1, -0.05) is 12.1 Å². The quantitative estimate of drug-likeness (QED) is 0.769. The Morgan fingerprint density at radius 3 is 2.33 bits per heavy atom. The summed E-state index contributed by atoms with van der Waals surface area (Å²) in [4.78, 5) is 11.5. The molecule has 0 aliphatic rings. The van der Waals surface area contributed by atoms with Crippen LogP contribution in [-0.4, -0.2) is 12.9 Å². The van der Waals surface area contributed by atoms with E-state index in [1.165, 1.54) is 25.1 Å². The monoisotopic (exact) mass is 244 g/mol. The van der Waals surface area contributed by atoms with Crippen LogP contribution in [0.25, 0.3) is 11.1 Å². The summed E-state index contributed by atoms with van der Waals surface area (Å²) in [6.45, 7) is 1.47. The van der Waals surface area contributed by atoms with Crippen LogP contribution in [0.5, 0.6) is 5.75 Å². The molecule has 0 fully saturated rings. The molecule has 0 unspecified atom stereocenters. The van der Waals surface area contributed by atoms with Crippen molar-refractivity contribution in [2.45, 2.75) is 6.92 Å². The Kier molecular flexibility index (Phi) is 3.42. The lowest BCUT2D eigenvalue weighted by molar-refractivity contribution is 0.101. The zero-order valence-electron chi connectivity index (χ0n) is 10.2. The molecule has 18 heavy (non-hydrogen) atoms. The molecule has 0 aromatic heterocycles. The van der Waals surface area contributed by atoms with E-state index >= 15 is 0 Å². The normalized spacial score (nSPS) is 10.2. The van der Waals surface area contributed by atoms with Crippen molar-refractivity contribution in [3.8, 4) is 16.9 Å². The van der Waals surface area contributed by atoms with Gasteiger partial charge in [-0.15, -0.1) is 0 Å². The highest BCUT2D eigenvalue weighted by molar-refractivity contribution is 6.00. The standard InChI is InChI=1S/C15H13FO2/c1-10(17)14-8-5-12(16)9-15(14)11-3-6-13(18-2)7-4-11/h3-9H,1-2H3. The molecular weight excluding hydrogens is 231 g/mol. The van der Waals surface area contributed by atoms with Gasteiger partial charge in [0.1, 0.15) is 11.6 Å². The van der Waals surface area contributed by atoms with Gasteiger partial charge < -0.3 is 4.74 Å². The van der Waals surface area contributed by atoms with Crippen LogP contribution in [0.4, 0.5) is 4.39 Å². The van der Waals surface area contributed by atoms with Crippen LogP contribution in [0.2, 0.25) is 0 Å². The first-order valence-corrected chi connectivity index (χ1v) is 5.56. The van der Waals surface area contributed by atoms with Crippen LogP contribution in [0, 0.1) is 5.82 Å². The molecule has 0 aliphatic carbocycles. The van der Waals surface area contributed by atoms with E-state index in [4.69, 9.17) is 4.74 Å². The zero-order chi connectivity index (χ0) is 13.1. The summed E-state index contributed by atoms with van der Waals surface area (Å²) in [5, 5.41) is 0. The smallest absolute Gasteiger partial charge is 0.160 e. The minimum absolute atomic E-state index is 0.0826. The summed E-state index contributed by atoms with van der Waals surface area (Å²) >= 11 is 0. The van der Waals surface area contributed by atoms with E-state index in [9.17, 15) is 9.18 Å². The molecule has 0 N–H and O–H groups in total. The molecule has 3 heteroatoms. The van der Waals surface area contributed by atoms with Gasteiger partial charge in [-0.3, -0.25) is 4.79 Å². The number of carbonyl (C=O) groups excluding carboxylic acids is 1. The van der Waals surface area contributed by atoms with Crippen LogP contribution >= 0.6 is 0 Å². The minimum Gasteiger partial charge on any atom is -0.497 e. The second-order valence-electron chi connectivity index (χ2n) is 3.97. The summed E-state index contributed by atoms with van der Waals surface area (Å²) in [5.41, 5.74) is 1.91. The number of halogens is 1. The highest BCUT2D eigenvalue weighted by Gasteiger charge is 2.10. The Hall–Kier alpha value is -2.16. The fourth-order valence-electron chi connectivity index (χ4n) is 1.83. The Morgan fingerprint density at radius 1 is 1.11 bits per heavy atom. The number of hydrogen-bond donors (Lipinski definition) is 0. The van der Waals surface area contributed by atoms with E-state index < -0.39 is 0 Å². The molecule has 0 radical (unpaired) electrons. The van der Waals surface area contributed by atoms with Crippen molar-refractivity contribution in [2.75, 3.05) is 7.11 Å². The number of benzene rings is 2. The molecule has 2 rings (SSSR count). The Labute approximate surface area is 105 Å². The molecule has 0 atom stereocenters. The summed E-state index contributed by atoms with van der Waals surface area (Å²) < 4.78 is 18.4. The third kappa shape index (κ3) is 2.40. The molecule has 0 amide bonds. The van der Waals surface area contributed by atoms with E-state index in [0.717, 1.165) is 11.3 Å². The van der Waals surface area contributed by atoms with Crippen LogP contribution in [-0.2, 0) is 0 Å². The lowest BCUT2D eigenvalue weighted by atomic mass is 9.97. The summed E-state index contributed by atoms with van der Waals surface area (Å²) in [7, 11) is 1.58. The largest absolute Gasteiger partial charge is 0.497 e. The third-order valence-electron chi connectivity index (χ3n) is 2.76. The van der Waals surface area contributed by atoms with Crippen molar-refractivity contribution in [1.29, 1.82) is 0 Å². The summed E-state index contributed by atoms with van der Waals surface area (Å²) in [6, 6.07) is 11.4. The Balaban J connectivity index is 2.54. The maximum atomic E-state index is 13.3. The van der Waals surface area contributed by atoms with Gasteiger partial charge >= 0.3 is 0 Å². The Morgan fingerprint density at radius 2 is 1.78 bits per heavy atom. The summed E-state index contributed by atoms with van der Waals surface area (Å²) in [6.07, 6.45) is 0. The van der Waals surface area contributed by atoms with Crippen molar-refractivity contribution >= 4 is 5.78 Å². The number of rotatable bonds is 3. The topological polar surface area (TPSA) is 26.3 Å². The average Bonchev–Trinajstić information content (AvgIpc) is 2.38. The Bertz CT molecular complexity index is 574. The lowest BCUT2D eigenvalue weighted by Crippen LogP contribution is -1.97. The summed E-state index contributed by atoms with van der Waals surface area (Å²) in [5.74, 6) is 0.283. The molecule has 92 valence electrons. The van der Waals surface area contributed by atoms with Gasteiger partial charge in [0.2, 0.25) is 0 Å². The van der Waals surface area contributed by atoms with Crippen molar-refractivity contribution in [3.63, 3.8) is 0 Å². The van der Waals surface area contributed by atoms with E-state index in [-0.39, 0.29) is 11.6 Å². The van der Waals surface area contributed by atoms with Crippen molar-refractivity contribution in [2.24, 2.45) is 0 Å². The predicted molar refractivity (Wildman–Crippen MR) is 68.4 cm³/mol. The molecule has 2 aromatic carbocycles. The molecule has 0 bridgehead atoms. The third-order valence-corrected chi connectivity index (χ3v) is 2.76. The average molecular weight is 244 g/mol. The van der Waals surface area contributed by atoms with Gasteiger partial charge in [0.05, 0.1) is 7.11 Å². The van der Waals surface area contributed by atoms with Crippen molar-refractivity contribution in [3.05, 3.63) is 53.8 Å². The SMILES string of the molecule is COc1ccc(-c2cc(F)ccc2C(C)=O)cc1. The number of ether oxygens (including phenoxy) is 1. The molecule has 0 saturated carbocycles.